The van der Waals surface area contributed by atoms with E-state index in [-0.39, 0.29) is 23.9 Å². The first kappa shape index (κ1) is 10.5. The third kappa shape index (κ3) is 2.21. The number of hydrogen-bond acceptors (Lipinski definition) is 6. The van der Waals surface area contributed by atoms with E-state index in [1.807, 2.05) is 0 Å². The van der Waals surface area contributed by atoms with Gasteiger partial charge in [0, 0.05) is 5.92 Å². The second-order valence-corrected chi connectivity index (χ2v) is 2.93. The van der Waals surface area contributed by atoms with Crippen molar-refractivity contribution in [3.05, 3.63) is 0 Å². The van der Waals surface area contributed by atoms with Gasteiger partial charge in [0.2, 0.25) is 5.71 Å². The zero-order valence-corrected chi connectivity index (χ0v) is 7.80. The lowest BCUT2D eigenvalue weighted by atomic mass is 10.1. The molecule has 0 spiro atoms. The number of carbonyl (C=O) groups is 1. The van der Waals surface area contributed by atoms with Crippen LogP contribution in [0.25, 0.3) is 0 Å². The van der Waals surface area contributed by atoms with Crippen molar-refractivity contribution in [2.75, 3.05) is 6.61 Å². The Balaban J connectivity index is 2.74. The average Bonchev–Trinajstić information content (AvgIpc) is 2.97. The lowest BCUT2D eigenvalue weighted by Crippen LogP contribution is -2.28. The van der Waals surface area contributed by atoms with Crippen LogP contribution in [0.4, 0.5) is 0 Å². The zero-order chi connectivity index (χ0) is 10.6. The van der Waals surface area contributed by atoms with Crippen molar-refractivity contribution in [3.8, 4) is 0 Å². The van der Waals surface area contributed by atoms with Crippen molar-refractivity contribution >= 4 is 17.4 Å². The van der Waals surface area contributed by atoms with Crippen LogP contribution in [0.5, 0.6) is 0 Å². The van der Waals surface area contributed by atoms with E-state index in [1.54, 1.807) is 6.92 Å². The number of carbonyl (C=O) groups excluding carboxylic acids is 1. The van der Waals surface area contributed by atoms with Gasteiger partial charge in [-0.15, -0.1) is 0 Å². The predicted octanol–water partition coefficient (Wildman–Crippen LogP) is 0.620. The fourth-order valence-corrected chi connectivity index (χ4v) is 1.08. The van der Waals surface area contributed by atoms with Gasteiger partial charge in [-0.25, -0.2) is 4.79 Å². The summed E-state index contributed by atoms with van der Waals surface area (Å²) in [6.45, 7) is 1.82. The van der Waals surface area contributed by atoms with Gasteiger partial charge in [0.05, 0.1) is 6.61 Å². The van der Waals surface area contributed by atoms with Crippen molar-refractivity contribution in [2.24, 2.45) is 16.2 Å². The molecule has 0 aliphatic heterocycles. The molecule has 0 heterocycles. The molecule has 6 nitrogen and oxygen atoms in total. The van der Waals surface area contributed by atoms with Crippen molar-refractivity contribution in [1.29, 1.82) is 0 Å². The molecule has 1 rings (SSSR count). The molecule has 6 heteroatoms. The van der Waals surface area contributed by atoms with E-state index >= 15 is 0 Å². The van der Waals surface area contributed by atoms with Gasteiger partial charge in [0.15, 0.2) is 0 Å². The Morgan fingerprint density at radius 1 is 1.43 bits per heavy atom. The highest BCUT2D eigenvalue weighted by Crippen LogP contribution is 2.31. The third-order valence-corrected chi connectivity index (χ3v) is 1.88. The standard InChI is InChI=1S/C8H12N2O4/c1-2-14-8(11)7(10-13)6(9-12)5-3-4-5/h5,12-13H,2-4H2,1H3/b9-6+,10-7-. The highest BCUT2D eigenvalue weighted by Gasteiger charge is 2.35. The smallest absolute Gasteiger partial charge is 0.362 e. The number of oxime groups is 2. The van der Waals surface area contributed by atoms with Crippen LogP contribution in [0.15, 0.2) is 10.3 Å². The first-order valence-corrected chi connectivity index (χ1v) is 4.36. The Labute approximate surface area is 80.9 Å². The Morgan fingerprint density at radius 3 is 2.43 bits per heavy atom. The van der Waals surface area contributed by atoms with Gasteiger partial charge in [-0.3, -0.25) is 0 Å². The molecule has 1 fully saturated rings. The average molecular weight is 200 g/mol. The van der Waals surface area contributed by atoms with Crippen LogP contribution in [0, 0.1) is 5.92 Å². The van der Waals surface area contributed by atoms with Crippen molar-refractivity contribution in [1.82, 2.24) is 0 Å². The molecule has 2 N–H and O–H groups in total. The number of nitrogens with zero attached hydrogens (tertiary/aromatic N) is 2. The molecule has 1 aliphatic rings. The summed E-state index contributed by atoms with van der Waals surface area (Å²) < 4.78 is 4.63. The number of esters is 1. The molecule has 0 radical (unpaired) electrons. The molecule has 0 aromatic rings. The van der Waals surface area contributed by atoms with Gasteiger partial charge in [0.1, 0.15) is 5.71 Å². The maximum atomic E-state index is 11.2. The monoisotopic (exact) mass is 200 g/mol. The van der Waals surface area contributed by atoms with Crippen molar-refractivity contribution in [2.45, 2.75) is 19.8 Å². The van der Waals surface area contributed by atoms with Crippen molar-refractivity contribution in [3.63, 3.8) is 0 Å². The number of ether oxygens (including phenoxy) is 1. The molecule has 0 aromatic heterocycles. The van der Waals surface area contributed by atoms with Crippen LogP contribution >= 0.6 is 0 Å². The number of hydrogen-bond donors (Lipinski definition) is 2. The van der Waals surface area contributed by atoms with Crippen LogP contribution in [0.3, 0.4) is 0 Å². The minimum absolute atomic E-state index is 0.00954. The second kappa shape index (κ2) is 4.59. The quantitative estimate of drug-likeness (QED) is 0.301. The van der Waals surface area contributed by atoms with E-state index in [0.29, 0.717) is 0 Å². The summed E-state index contributed by atoms with van der Waals surface area (Å²) >= 11 is 0. The highest BCUT2D eigenvalue weighted by atomic mass is 16.5. The third-order valence-electron chi connectivity index (χ3n) is 1.88. The fourth-order valence-electron chi connectivity index (χ4n) is 1.08. The Kier molecular flexibility index (Phi) is 3.44. The lowest BCUT2D eigenvalue weighted by molar-refractivity contribution is -0.134. The van der Waals surface area contributed by atoms with Gasteiger partial charge in [0.25, 0.3) is 0 Å². The minimum atomic E-state index is -0.769. The summed E-state index contributed by atoms with van der Waals surface area (Å²) in [5.41, 5.74) is -0.206. The molecule has 78 valence electrons. The van der Waals surface area contributed by atoms with E-state index in [1.165, 1.54) is 0 Å². The van der Waals surface area contributed by atoms with Gasteiger partial charge >= 0.3 is 5.97 Å². The van der Waals surface area contributed by atoms with Crippen LogP contribution in [0.1, 0.15) is 19.8 Å². The largest absolute Gasteiger partial charge is 0.461 e. The minimum Gasteiger partial charge on any atom is -0.461 e. The molecule has 0 saturated heterocycles. The SMILES string of the molecule is CCOC(=O)C(=N\O)/C(=N/O)C1CC1. The molecule has 0 bridgehead atoms. The fraction of sp³-hybridized carbons (Fsp3) is 0.625. The Bertz CT molecular complexity index is 281. The molecule has 0 atom stereocenters. The highest BCUT2D eigenvalue weighted by molar-refractivity contribution is 6.66. The first-order chi connectivity index (χ1) is 6.74. The van der Waals surface area contributed by atoms with Crippen LogP contribution < -0.4 is 0 Å². The normalized spacial score (nSPS) is 18.1. The van der Waals surface area contributed by atoms with Gasteiger partial charge < -0.3 is 15.2 Å². The summed E-state index contributed by atoms with van der Waals surface area (Å²) in [5.74, 6) is -0.759. The molecule has 1 aliphatic carbocycles. The topological polar surface area (TPSA) is 91.5 Å². The second-order valence-electron chi connectivity index (χ2n) is 2.93. The summed E-state index contributed by atoms with van der Waals surface area (Å²) in [6.07, 6.45) is 1.66. The predicted molar refractivity (Wildman–Crippen MR) is 47.8 cm³/mol. The van der Waals surface area contributed by atoms with Gasteiger partial charge in [-0.1, -0.05) is 10.3 Å². The number of rotatable bonds is 4. The molecular weight excluding hydrogens is 188 g/mol. The summed E-state index contributed by atoms with van der Waals surface area (Å²) in [7, 11) is 0. The van der Waals surface area contributed by atoms with E-state index in [4.69, 9.17) is 10.4 Å². The summed E-state index contributed by atoms with van der Waals surface area (Å²) in [6, 6.07) is 0. The van der Waals surface area contributed by atoms with Gasteiger partial charge in [-0.2, -0.15) is 0 Å². The van der Waals surface area contributed by atoms with E-state index in [2.05, 4.69) is 15.0 Å². The van der Waals surface area contributed by atoms with Crippen LogP contribution in [-0.2, 0) is 9.53 Å². The van der Waals surface area contributed by atoms with E-state index < -0.39 is 5.97 Å². The van der Waals surface area contributed by atoms with Crippen LogP contribution in [0.2, 0.25) is 0 Å². The maximum Gasteiger partial charge on any atom is 0.362 e. The maximum absolute atomic E-state index is 11.2. The molecule has 1 saturated carbocycles. The summed E-state index contributed by atoms with van der Waals surface area (Å²) in [5, 5.41) is 23.0. The van der Waals surface area contributed by atoms with Crippen molar-refractivity contribution < 1.29 is 19.9 Å². The van der Waals surface area contributed by atoms with E-state index in [9.17, 15) is 4.79 Å². The zero-order valence-electron chi connectivity index (χ0n) is 7.80. The molecular formula is C8H12N2O4. The van der Waals surface area contributed by atoms with E-state index in [0.717, 1.165) is 12.8 Å². The molecule has 0 amide bonds. The Hall–Kier alpha value is -1.59. The molecule has 0 unspecified atom stereocenters. The Morgan fingerprint density at radius 2 is 2.07 bits per heavy atom. The first-order valence-electron chi connectivity index (χ1n) is 4.36. The molecule has 0 aromatic carbocycles. The lowest BCUT2D eigenvalue weighted by Gasteiger charge is -2.04. The van der Waals surface area contributed by atoms with Crippen LogP contribution in [-0.4, -0.2) is 34.4 Å². The summed E-state index contributed by atoms with van der Waals surface area (Å²) in [4.78, 5) is 11.2. The molecule has 14 heavy (non-hydrogen) atoms. The van der Waals surface area contributed by atoms with Gasteiger partial charge in [-0.05, 0) is 19.8 Å².